The van der Waals surface area contributed by atoms with E-state index in [4.69, 9.17) is 5.73 Å². The monoisotopic (exact) mass is 230 g/mol. The Bertz CT molecular complexity index is 329. The molecule has 0 heterocycles. The first-order chi connectivity index (χ1) is 7.41. The Kier molecular flexibility index (Phi) is 3.99. The predicted molar refractivity (Wildman–Crippen MR) is 53.6 cm³/mol. The molecule has 1 aliphatic rings. The van der Waals surface area contributed by atoms with Gasteiger partial charge in [0, 0.05) is 12.0 Å². The Labute approximate surface area is 92.1 Å². The minimum Gasteiger partial charge on any atom is -0.390 e. The molecular weight excluding hydrogens is 214 g/mol. The standard InChI is InChI=1S/C9H15N3O4/c10-5-1-4(2-6(13)8(5)15)9(16)12-3-7(11)14/h1,5-6,8,13,15H,2-3,10H2,(H2,11,14)(H,12,16)/p+1/t5-,6-,8-/m1/s1. The molecule has 7 heteroatoms. The van der Waals surface area contributed by atoms with Crippen molar-refractivity contribution in [1.82, 2.24) is 5.32 Å². The Morgan fingerprint density at radius 3 is 2.69 bits per heavy atom. The zero-order valence-corrected chi connectivity index (χ0v) is 8.72. The highest BCUT2D eigenvalue weighted by atomic mass is 16.3. The van der Waals surface area contributed by atoms with Crippen LogP contribution in [0, 0.1) is 0 Å². The van der Waals surface area contributed by atoms with Gasteiger partial charge in [-0.15, -0.1) is 0 Å². The number of rotatable bonds is 3. The van der Waals surface area contributed by atoms with E-state index in [9.17, 15) is 19.8 Å². The van der Waals surface area contributed by atoms with E-state index in [0.717, 1.165) is 0 Å². The number of carbonyl (C=O) groups is 2. The highest BCUT2D eigenvalue weighted by molar-refractivity contribution is 5.95. The van der Waals surface area contributed by atoms with Crippen molar-refractivity contribution in [3.8, 4) is 0 Å². The summed E-state index contributed by atoms with van der Waals surface area (Å²) < 4.78 is 0. The van der Waals surface area contributed by atoms with Crippen LogP contribution in [0.25, 0.3) is 0 Å². The topological polar surface area (TPSA) is 140 Å². The third-order valence-electron chi connectivity index (χ3n) is 2.39. The number of nitrogens with one attached hydrogen (secondary N) is 1. The fraction of sp³-hybridized carbons (Fsp3) is 0.556. The van der Waals surface area contributed by atoms with Crippen LogP contribution in [0.3, 0.4) is 0 Å². The summed E-state index contributed by atoms with van der Waals surface area (Å²) >= 11 is 0. The first-order valence-corrected chi connectivity index (χ1v) is 4.88. The molecule has 2 amide bonds. The second kappa shape index (κ2) is 5.06. The van der Waals surface area contributed by atoms with Gasteiger partial charge in [0.15, 0.2) is 0 Å². The van der Waals surface area contributed by atoms with E-state index >= 15 is 0 Å². The second-order valence-corrected chi connectivity index (χ2v) is 3.77. The number of amides is 2. The van der Waals surface area contributed by atoms with Gasteiger partial charge < -0.3 is 27.0 Å². The molecule has 0 spiro atoms. The summed E-state index contributed by atoms with van der Waals surface area (Å²) in [5.41, 5.74) is 8.78. The molecule has 7 nitrogen and oxygen atoms in total. The molecule has 0 aromatic heterocycles. The van der Waals surface area contributed by atoms with Gasteiger partial charge in [-0.25, -0.2) is 0 Å². The quantitative estimate of drug-likeness (QED) is 0.339. The average molecular weight is 230 g/mol. The number of aliphatic hydroxyl groups is 2. The lowest BCUT2D eigenvalue weighted by Gasteiger charge is -2.25. The number of hydrogen-bond donors (Lipinski definition) is 5. The molecule has 0 fully saturated rings. The summed E-state index contributed by atoms with van der Waals surface area (Å²) in [6.07, 6.45) is -0.458. The maximum absolute atomic E-state index is 11.5. The summed E-state index contributed by atoms with van der Waals surface area (Å²) in [5.74, 6) is -1.12. The highest BCUT2D eigenvalue weighted by Gasteiger charge is 2.32. The lowest BCUT2D eigenvalue weighted by Crippen LogP contribution is -2.69. The molecular formula is C9H16N3O4+. The molecule has 0 saturated carbocycles. The van der Waals surface area contributed by atoms with Gasteiger partial charge >= 0.3 is 0 Å². The predicted octanol–water partition coefficient (Wildman–Crippen LogP) is -3.75. The maximum atomic E-state index is 11.5. The van der Waals surface area contributed by atoms with E-state index in [0.29, 0.717) is 5.57 Å². The number of carbonyl (C=O) groups excluding carboxylic acids is 2. The molecule has 0 aromatic rings. The Balaban J connectivity index is 2.63. The normalized spacial score (nSPS) is 29.4. The molecule has 0 bridgehead atoms. The molecule has 0 unspecified atom stereocenters. The fourth-order valence-electron chi connectivity index (χ4n) is 1.51. The van der Waals surface area contributed by atoms with Gasteiger partial charge in [-0.2, -0.15) is 0 Å². The Hall–Kier alpha value is -1.44. The zero-order chi connectivity index (χ0) is 12.3. The lowest BCUT2D eigenvalue weighted by atomic mass is 9.90. The van der Waals surface area contributed by atoms with Gasteiger partial charge in [0.05, 0.1) is 12.6 Å². The molecule has 90 valence electrons. The SMILES string of the molecule is NC(=O)CNC(=O)C1=C[C@@H]([NH3+])[C@@H](O)[C@H](O)C1. The lowest BCUT2D eigenvalue weighted by molar-refractivity contribution is -0.426. The number of nitrogens with two attached hydrogens (primary N) is 1. The van der Waals surface area contributed by atoms with E-state index in [1.165, 1.54) is 6.08 Å². The van der Waals surface area contributed by atoms with Crippen molar-refractivity contribution in [3.63, 3.8) is 0 Å². The van der Waals surface area contributed by atoms with Gasteiger partial charge in [0.2, 0.25) is 11.8 Å². The van der Waals surface area contributed by atoms with E-state index in [1.54, 1.807) is 0 Å². The summed E-state index contributed by atoms with van der Waals surface area (Å²) in [6, 6.07) is -0.543. The second-order valence-electron chi connectivity index (χ2n) is 3.77. The van der Waals surface area contributed by atoms with Crippen LogP contribution in [-0.4, -0.2) is 46.8 Å². The van der Waals surface area contributed by atoms with E-state index in [-0.39, 0.29) is 13.0 Å². The van der Waals surface area contributed by atoms with Crippen molar-refractivity contribution in [2.75, 3.05) is 6.54 Å². The van der Waals surface area contributed by atoms with Crippen LogP contribution in [0.2, 0.25) is 0 Å². The van der Waals surface area contributed by atoms with E-state index in [1.807, 2.05) is 0 Å². The minimum atomic E-state index is -1.01. The molecule has 16 heavy (non-hydrogen) atoms. The number of primary amides is 1. The minimum absolute atomic E-state index is 0.0395. The number of quaternary nitrogens is 1. The maximum Gasteiger partial charge on any atom is 0.247 e. The Morgan fingerprint density at radius 2 is 2.19 bits per heavy atom. The van der Waals surface area contributed by atoms with Crippen LogP contribution in [-0.2, 0) is 9.59 Å². The first-order valence-electron chi connectivity index (χ1n) is 4.88. The van der Waals surface area contributed by atoms with Crippen LogP contribution in [0.4, 0.5) is 0 Å². The number of hydrogen-bond acceptors (Lipinski definition) is 4. The van der Waals surface area contributed by atoms with Crippen LogP contribution >= 0.6 is 0 Å². The molecule has 0 aromatic carbocycles. The highest BCUT2D eigenvalue weighted by Crippen LogP contribution is 2.17. The van der Waals surface area contributed by atoms with Crippen LogP contribution in [0.5, 0.6) is 0 Å². The molecule has 0 saturated heterocycles. The van der Waals surface area contributed by atoms with Crippen molar-refractivity contribution >= 4 is 11.8 Å². The summed E-state index contributed by atoms with van der Waals surface area (Å²) in [4.78, 5) is 21.9. The molecule has 0 radical (unpaired) electrons. The fourth-order valence-corrected chi connectivity index (χ4v) is 1.51. The van der Waals surface area contributed by atoms with E-state index < -0.39 is 30.1 Å². The van der Waals surface area contributed by atoms with Gasteiger partial charge in [-0.05, 0) is 6.08 Å². The molecule has 8 N–H and O–H groups in total. The summed E-state index contributed by atoms with van der Waals surface area (Å²) in [5, 5.41) is 21.1. The van der Waals surface area contributed by atoms with Gasteiger partial charge in [0.1, 0.15) is 12.1 Å². The van der Waals surface area contributed by atoms with Gasteiger partial charge in [0.25, 0.3) is 0 Å². The zero-order valence-electron chi connectivity index (χ0n) is 8.72. The first kappa shape index (κ1) is 12.6. The number of aliphatic hydroxyl groups excluding tert-OH is 2. The molecule has 1 rings (SSSR count). The van der Waals surface area contributed by atoms with Gasteiger partial charge in [-0.1, -0.05) is 0 Å². The molecule has 1 aliphatic carbocycles. The van der Waals surface area contributed by atoms with Gasteiger partial charge in [-0.3, -0.25) is 9.59 Å². The average Bonchev–Trinajstić information content (AvgIpc) is 2.21. The largest absolute Gasteiger partial charge is 0.390 e. The third kappa shape index (κ3) is 3.02. The van der Waals surface area contributed by atoms with Crippen molar-refractivity contribution in [3.05, 3.63) is 11.6 Å². The van der Waals surface area contributed by atoms with Crippen molar-refractivity contribution in [2.24, 2.45) is 5.73 Å². The van der Waals surface area contributed by atoms with Crippen LogP contribution in [0.1, 0.15) is 6.42 Å². The Morgan fingerprint density at radius 1 is 1.56 bits per heavy atom. The van der Waals surface area contributed by atoms with Crippen molar-refractivity contribution in [1.29, 1.82) is 0 Å². The smallest absolute Gasteiger partial charge is 0.247 e. The molecule has 3 atom stereocenters. The van der Waals surface area contributed by atoms with Crippen molar-refractivity contribution in [2.45, 2.75) is 24.7 Å². The molecule has 0 aliphatic heterocycles. The van der Waals surface area contributed by atoms with E-state index in [2.05, 4.69) is 11.1 Å². The summed E-state index contributed by atoms with van der Waals surface area (Å²) in [7, 11) is 0. The van der Waals surface area contributed by atoms with Crippen molar-refractivity contribution < 1.29 is 25.5 Å². The van der Waals surface area contributed by atoms with Crippen LogP contribution < -0.4 is 16.8 Å². The van der Waals surface area contributed by atoms with Crippen LogP contribution in [0.15, 0.2) is 11.6 Å². The third-order valence-corrected chi connectivity index (χ3v) is 2.39. The summed E-state index contributed by atoms with van der Waals surface area (Å²) in [6.45, 7) is -0.253.